The molecule has 1 heterocycles. The number of carbonyl (C=O) groups is 2. The predicted octanol–water partition coefficient (Wildman–Crippen LogP) is 3.22. The minimum Gasteiger partial charge on any atom is -0.497 e. The number of nitrogens with zero attached hydrogens (tertiary/aromatic N) is 1. The molecular formula is C19H19F2N3O4. The molecule has 1 fully saturated rings. The summed E-state index contributed by atoms with van der Waals surface area (Å²) in [7, 11) is 1.55. The van der Waals surface area contributed by atoms with E-state index in [9.17, 15) is 18.4 Å². The Balaban J connectivity index is 1.55. The minimum absolute atomic E-state index is 0.00345. The Morgan fingerprint density at radius 1 is 1.18 bits per heavy atom. The Kier molecular flexibility index (Phi) is 5.93. The van der Waals surface area contributed by atoms with Crippen molar-refractivity contribution in [2.45, 2.75) is 19.1 Å². The van der Waals surface area contributed by atoms with Gasteiger partial charge in [0.05, 0.1) is 13.2 Å². The third kappa shape index (κ3) is 4.87. The lowest BCUT2D eigenvalue weighted by molar-refractivity contribution is -0.117. The van der Waals surface area contributed by atoms with Gasteiger partial charge in [-0.3, -0.25) is 4.79 Å². The van der Waals surface area contributed by atoms with Gasteiger partial charge >= 0.3 is 12.6 Å². The molecule has 28 heavy (non-hydrogen) atoms. The van der Waals surface area contributed by atoms with Gasteiger partial charge in [-0.15, -0.1) is 0 Å². The monoisotopic (exact) mass is 391 g/mol. The molecule has 0 aromatic heterocycles. The van der Waals surface area contributed by atoms with Crippen molar-refractivity contribution in [3.8, 4) is 11.5 Å². The van der Waals surface area contributed by atoms with Crippen LogP contribution in [0.1, 0.15) is 6.42 Å². The summed E-state index contributed by atoms with van der Waals surface area (Å²) in [5, 5.41) is 5.33. The molecule has 3 amide bonds. The van der Waals surface area contributed by atoms with Gasteiger partial charge < -0.3 is 25.0 Å². The van der Waals surface area contributed by atoms with Gasteiger partial charge in [0, 0.05) is 30.4 Å². The van der Waals surface area contributed by atoms with Crippen molar-refractivity contribution >= 4 is 23.3 Å². The molecule has 0 bridgehead atoms. The number of anilines is 2. The molecule has 1 unspecified atom stereocenters. The number of halogens is 2. The molecule has 0 aliphatic carbocycles. The maximum Gasteiger partial charge on any atom is 0.387 e. The second kappa shape index (κ2) is 8.55. The van der Waals surface area contributed by atoms with Gasteiger partial charge in [0.15, 0.2) is 0 Å². The zero-order valence-corrected chi connectivity index (χ0v) is 15.0. The molecule has 1 saturated heterocycles. The van der Waals surface area contributed by atoms with Gasteiger partial charge in [0.1, 0.15) is 11.5 Å². The fourth-order valence-corrected chi connectivity index (χ4v) is 2.90. The van der Waals surface area contributed by atoms with E-state index in [1.165, 1.54) is 24.3 Å². The Morgan fingerprint density at radius 2 is 1.93 bits per heavy atom. The SMILES string of the molecule is COc1cccc(N2CC(NC(=O)Nc3ccc(OC(F)F)cc3)CC2=O)c1. The second-order valence-electron chi connectivity index (χ2n) is 6.11. The molecule has 1 aliphatic heterocycles. The highest BCUT2D eigenvalue weighted by Gasteiger charge is 2.31. The molecule has 0 saturated carbocycles. The summed E-state index contributed by atoms with van der Waals surface area (Å²) < 4.78 is 33.7. The Morgan fingerprint density at radius 3 is 2.61 bits per heavy atom. The van der Waals surface area contributed by atoms with Gasteiger partial charge in [-0.2, -0.15) is 8.78 Å². The molecule has 7 nitrogen and oxygen atoms in total. The van der Waals surface area contributed by atoms with E-state index in [0.717, 1.165) is 0 Å². The van der Waals surface area contributed by atoms with Gasteiger partial charge in [0.25, 0.3) is 0 Å². The van der Waals surface area contributed by atoms with Crippen LogP contribution < -0.4 is 25.0 Å². The van der Waals surface area contributed by atoms with Crippen LogP contribution in [0, 0.1) is 0 Å². The van der Waals surface area contributed by atoms with Crippen LogP contribution in [0.15, 0.2) is 48.5 Å². The van der Waals surface area contributed by atoms with E-state index >= 15 is 0 Å². The number of hydrogen-bond donors (Lipinski definition) is 2. The standard InChI is InChI=1S/C19H19F2N3O4/c1-27-16-4-2-3-14(10-16)24-11-13(9-17(24)25)23-19(26)22-12-5-7-15(8-6-12)28-18(20)21/h2-8,10,13,18H,9,11H2,1H3,(H2,22,23,26). The molecule has 1 aliphatic rings. The van der Waals surface area contributed by atoms with Crippen molar-refractivity contribution in [2.24, 2.45) is 0 Å². The summed E-state index contributed by atoms with van der Waals surface area (Å²) in [4.78, 5) is 26.0. The first-order valence-electron chi connectivity index (χ1n) is 8.51. The number of rotatable bonds is 6. The van der Waals surface area contributed by atoms with E-state index in [2.05, 4.69) is 15.4 Å². The summed E-state index contributed by atoms with van der Waals surface area (Å²) >= 11 is 0. The van der Waals surface area contributed by atoms with Crippen molar-refractivity contribution in [1.82, 2.24) is 5.32 Å². The molecular weight excluding hydrogens is 372 g/mol. The van der Waals surface area contributed by atoms with Crippen molar-refractivity contribution in [3.63, 3.8) is 0 Å². The number of amides is 3. The number of methoxy groups -OCH3 is 1. The zero-order valence-electron chi connectivity index (χ0n) is 15.0. The Hall–Kier alpha value is -3.36. The third-order valence-corrected chi connectivity index (χ3v) is 4.16. The van der Waals surface area contributed by atoms with Crippen LogP contribution in [-0.4, -0.2) is 38.2 Å². The van der Waals surface area contributed by atoms with Gasteiger partial charge in [-0.05, 0) is 36.4 Å². The lowest BCUT2D eigenvalue weighted by Crippen LogP contribution is -2.39. The maximum atomic E-state index is 12.3. The molecule has 9 heteroatoms. The van der Waals surface area contributed by atoms with Crippen molar-refractivity contribution < 1.29 is 27.8 Å². The third-order valence-electron chi connectivity index (χ3n) is 4.16. The molecule has 2 N–H and O–H groups in total. The fraction of sp³-hybridized carbons (Fsp3) is 0.263. The van der Waals surface area contributed by atoms with E-state index in [0.29, 0.717) is 23.7 Å². The number of urea groups is 1. The normalized spacial score (nSPS) is 16.2. The summed E-state index contributed by atoms with van der Waals surface area (Å²) in [5.41, 5.74) is 1.11. The quantitative estimate of drug-likeness (QED) is 0.793. The van der Waals surface area contributed by atoms with E-state index < -0.39 is 12.6 Å². The maximum absolute atomic E-state index is 12.3. The fourth-order valence-electron chi connectivity index (χ4n) is 2.90. The Labute approximate surface area is 160 Å². The van der Waals surface area contributed by atoms with E-state index in [1.54, 1.807) is 36.3 Å². The summed E-state index contributed by atoms with van der Waals surface area (Å²) in [6.45, 7) is -2.57. The number of ether oxygens (including phenoxy) is 2. The van der Waals surface area contributed by atoms with Crippen molar-refractivity contribution in [2.75, 3.05) is 23.9 Å². The number of alkyl halides is 2. The van der Waals surface area contributed by atoms with Crippen LogP contribution in [0.4, 0.5) is 25.0 Å². The second-order valence-corrected chi connectivity index (χ2v) is 6.11. The molecule has 148 valence electrons. The van der Waals surface area contributed by atoms with Crippen LogP contribution in [0.25, 0.3) is 0 Å². The van der Waals surface area contributed by atoms with Crippen LogP contribution in [0.5, 0.6) is 11.5 Å². The lowest BCUT2D eigenvalue weighted by Gasteiger charge is -2.18. The van der Waals surface area contributed by atoms with Crippen LogP contribution in [0.3, 0.4) is 0 Å². The average molecular weight is 391 g/mol. The smallest absolute Gasteiger partial charge is 0.387 e. The predicted molar refractivity (Wildman–Crippen MR) is 99.0 cm³/mol. The van der Waals surface area contributed by atoms with Gasteiger partial charge in [-0.1, -0.05) is 6.07 Å². The van der Waals surface area contributed by atoms with Crippen molar-refractivity contribution in [1.29, 1.82) is 0 Å². The molecule has 0 radical (unpaired) electrons. The van der Waals surface area contributed by atoms with Gasteiger partial charge in [0.2, 0.25) is 5.91 Å². The average Bonchev–Trinajstić information content (AvgIpc) is 3.03. The van der Waals surface area contributed by atoms with Gasteiger partial charge in [-0.25, -0.2) is 4.79 Å². The summed E-state index contributed by atoms with van der Waals surface area (Å²) in [6.07, 6.45) is 0.172. The molecule has 1 atom stereocenters. The van der Waals surface area contributed by atoms with Crippen LogP contribution in [-0.2, 0) is 4.79 Å². The highest BCUT2D eigenvalue weighted by Crippen LogP contribution is 2.25. The molecule has 0 spiro atoms. The van der Waals surface area contributed by atoms with Crippen LogP contribution in [0.2, 0.25) is 0 Å². The summed E-state index contributed by atoms with van der Waals surface area (Å²) in [6, 6.07) is 11.8. The highest BCUT2D eigenvalue weighted by atomic mass is 19.3. The first kappa shape index (κ1) is 19.4. The molecule has 3 rings (SSSR count). The van der Waals surface area contributed by atoms with E-state index in [1.807, 2.05) is 0 Å². The van der Waals surface area contributed by atoms with Crippen molar-refractivity contribution in [3.05, 3.63) is 48.5 Å². The first-order valence-corrected chi connectivity index (χ1v) is 8.51. The topological polar surface area (TPSA) is 79.9 Å². The number of hydrogen-bond acceptors (Lipinski definition) is 4. The number of carbonyl (C=O) groups excluding carboxylic acids is 2. The Bertz CT molecular complexity index is 845. The zero-order chi connectivity index (χ0) is 20.1. The summed E-state index contributed by atoms with van der Waals surface area (Å²) in [5.74, 6) is 0.530. The van der Waals surface area contributed by atoms with E-state index in [-0.39, 0.29) is 24.1 Å². The number of benzene rings is 2. The van der Waals surface area contributed by atoms with Crippen LogP contribution >= 0.6 is 0 Å². The minimum atomic E-state index is -2.91. The lowest BCUT2D eigenvalue weighted by atomic mass is 10.2. The van der Waals surface area contributed by atoms with E-state index in [4.69, 9.17) is 4.74 Å². The first-order chi connectivity index (χ1) is 13.4. The molecule has 2 aromatic carbocycles. The number of nitrogens with one attached hydrogen (secondary N) is 2. The highest BCUT2D eigenvalue weighted by molar-refractivity contribution is 5.97. The largest absolute Gasteiger partial charge is 0.497 e. The molecule has 2 aromatic rings.